The van der Waals surface area contributed by atoms with Crippen LogP contribution >= 0.6 is 0 Å². The van der Waals surface area contributed by atoms with Crippen LogP contribution in [-0.2, 0) is 16.1 Å². The van der Waals surface area contributed by atoms with Gasteiger partial charge in [-0.15, -0.1) is 0 Å². The Balaban J connectivity index is 1.58. The fourth-order valence-electron chi connectivity index (χ4n) is 2.71. The number of benzene rings is 2. The Hall–Kier alpha value is -3.28. The summed E-state index contributed by atoms with van der Waals surface area (Å²) in [6, 6.07) is 13.0. The minimum absolute atomic E-state index is 0.101. The van der Waals surface area contributed by atoms with Crippen molar-refractivity contribution < 1.29 is 19.1 Å². The van der Waals surface area contributed by atoms with Gasteiger partial charge in [0, 0.05) is 32.3 Å². The van der Waals surface area contributed by atoms with Gasteiger partial charge in [0.2, 0.25) is 11.8 Å². The second-order valence-electron chi connectivity index (χ2n) is 6.31. The molecule has 0 aromatic heterocycles. The Labute approximate surface area is 158 Å². The summed E-state index contributed by atoms with van der Waals surface area (Å²) >= 11 is 0. The van der Waals surface area contributed by atoms with Gasteiger partial charge in [-0.2, -0.15) is 0 Å². The maximum absolute atomic E-state index is 12.3. The molecule has 0 saturated carbocycles. The van der Waals surface area contributed by atoms with Crippen molar-refractivity contribution in [1.82, 2.24) is 4.90 Å². The average molecular weight is 366 g/mol. The normalized spacial score (nSPS) is 12.7. The van der Waals surface area contributed by atoms with Gasteiger partial charge in [-0.25, -0.2) is 0 Å². The highest BCUT2D eigenvalue weighted by Gasteiger charge is 2.13. The predicted molar refractivity (Wildman–Crippen MR) is 104 cm³/mol. The Morgan fingerprint density at radius 2 is 1.78 bits per heavy atom. The molecule has 27 heavy (non-hydrogen) atoms. The number of rotatable bonds is 5. The first-order chi connectivity index (χ1) is 13.0. The number of ether oxygens (including phenoxy) is 2. The van der Waals surface area contributed by atoms with Crippen LogP contribution in [0.2, 0.25) is 0 Å². The lowest BCUT2D eigenvalue weighted by molar-refractivity contribution is -0.125. The average Bonchev–Trinajstić information content (AvgIpc) is 2.66. The third-order valence-corrected chi connectivity index (χ3v) is 4.05. The standard InChI is InChI=1S/C21H22N2O4/c1-15(24)22-18-7-3-16(4-8-18)6-10-21(25)23(2)14-17-5-9-19-20(13-17)27-12-11-26-19/h3-10,13H,11-12,14H2,1-2H3,(H,22,24)/b10-6+. The molecule has 1 N–H and O–H groups in total. The number of nitrogens with one attached hydrogen (secondary N) is 1. The lowest BCUT2D eigenvalue weighted by Crippen LogP contribution is -2.24. The number of carbonyl (C=O) groups excluding carboxylic acids is 2. The van der Waals surface area contributed by atoms with Crippen molar-refractivity contribution in [3.63, 3.8) is 0 Å². The molecule has 6 heteroatoms. The SMILES string of the molecule is CC(=O)Nc1ccc(/C=C/C(=O)N(C)Cc2ccc3c(c2)OCCO3)cc1. The van der Waals surface area contributed by atoms with Gasteiger partial charge in [0.05, 0.1) is 0 Å². The molecule has 2 aromatic carbocycles. The lowest BCUT2D eigenvalue weighted by Gasteiger charge is -2.20. The minimum atomic E-state index is -0.116. The highest BCUT2D eigenvalue weighted by Crippen LogP contribution is 2.31. The van der Waals surface area contributed by atoms with E-state index in [0.717, 1.165) is 28.3 Å². The number of carbonyl (C=O) groups is 2. The number of likely N-dealkylation sites (N-methyl/N-ethyl adjacent to an activating group) is 1. The van der Waals surface area contributed by atoms with E-state index in [1.807, 2.05) is 30.3 Å². The molecular weight excluding hydrogens is 344 g/mol. The van der Waals surface area contributed by atoms with Gasteiger partial charge in [-0.1, -0.05) is 18.2 Å². The van der Waals surface area contributed by atoms with Gasteiger partial charge in [0.25, 0.3) is 0 Å². The van der Waals surface area contributed by atoms with Crippen LogP contribution in [0.5, 0.6) is 11.5 Å². The number of hydrogen-bond donors (Lipinski definition) is 1. The fourth-order valence-corrected chi connectivity index (χ4v) is 2.71. The van der Waals surface area contributed by atoms with E-state index in [1.165, 1.54) is 13.0 Å². The van der Waals surface area contributed by atoms with Gasteiger partial charge >= 0.3 is 0 Å². The van der Waals surface area contributed by atoms with E-state index in [1.54, 1.807) is 30.2 Å². The summed E-state index contributed by atoms with van der Waals surface area (Å²) in [4.78, 5) is 25.0. The van der Waals surface area contributed by atoms with Crippen LogP contribution in [0.1, 0.15) is 18.1 Å². The van der Waals surface area contributed by atoms with Crippen LogP contribution in [0, 0.1) is 0 Å². The Kier molecular flexibility index (Phi) is 5.76. The lowest BCUT2D eigenvalue weighted by atomic mass is 10.1. The van der Waals surface area contributed by atoms with E-state index in [4.69, 9.17) is 9.47 Å². The molecule has 0 atom stereocenters. The summed E-state index contributed by atoms with van der Waals surface area (Å²) in [5.74, 6) is 1.24. The van der Waals surface area contributed by atoms with Crippen LogP contribution in [-0.4, -0.2) is 37.0 Å². The minimum Gasteiger partial charge on any atom is -0.486 e. The van der Waals surface area contributed by atoms with Gasteiger partial charge in [-0.3, -0.25) is 9.59 Å². The molecule has 140 valence electrons. The first-order valence-corrected chi connectivity index (χ1v) is 8.70. The monoisotopic (exact) mass is 366 g/mol. The molecule has 0 unspecified atom stereocenters. The molecule has 3 rings (SSSR count). The van der Waals surface area contributed by atoms with Crippen molar-refractivity contribution in [2.75, 3.05) is 25.6 Å². The van der Waals surface area contributed by atoms with Gasteiger partial charge in [0.15, 0.2) is 11.5 Å². The molecule has 0 spiro atoms. The van der Waals surface area contributed by atoms with Crippen LogP contribution in [0.3, 0.4) is 0 Å². The summed E-state index contributed by atoms with van der Waals surface area (Å²) in [5.41, 5.74) is 2.58. The molecule has 2 amide bonds. The summed E-state index contributed by atoms with van der Waals surface area (Å²) in [6.45, 7) is 3.03. The summed E-state index contributed by atoms with van der Waals surface area (Å²) in [5, 5.41) is 2.71. The quantitative estimate of drug-likeness (QED) is 0.826. The zero-order chi connectivity index (χ0) is 19.2. The Morgan fingerprint density at radius 3 is 2.48 bits per heavy atom. The molecule has 1 heterocycles. The highest BCUT2D eigenvalue weighted by molar-refractivity contribution is 5.92. The van der Waals surface area contributed by atoms with Crippen molar-refractivity contribution >= 4 is 23.6 Å². The number of amides is 2. The molecule has 0 aliphatic carbocycles. The summed E-state index contributed by atoms with van der Waals surface area (Å²) in [7, 11) is 1.75. The largest absolute Gasteiger partial charge is 0.486 e. The van der Waals surface area contributed by atoms with Gasteiger partial charge in [-0.05, 0) is 41.5 Å². The van der Waals surface area contributed by atoms with Crippen molar-refractivity contribution in [3.05, 3.63) is 59.7 Å². The zero-order valence-electron chi connectivity index (χ0n) is 15.4. The molecule has 1 aliphatic heterocycles. The summed E-state index contributed by atoms with van der Waals surface area (Å²) in [6.07, 6.45) is 3.28. The van der Waals surface area contributed by atoms with Crippen LogP contribution in [0.15, 0.2) is 48.5 Å². The van der Waals surface area contributed by atoms with Crippen LogP contribution in [0.25, 0.3) is 6.08 Å². The number of fused-ring (bicyclic) bond motifs is 1. The number of hydrogen-bond acceptors (Lipinski definition) is 4. The maximum atomic E-state index is 12.3. The van der Waals surface area contributed by atoms with E-state index in [-0.39, 0.29) is 11.8 Å². The van der Waals surface area contributed by atoms with Crippen molar-refractivity contribution in [2.45, 2.75) is 13.5 Å². The smallest absolute Gasteiger partial charge is 0.246 e. The van der Waals surface area contributed by atoms with Crippen molar-refractivity contribution in [2.24, 2.45) is 0 Å². The number of anilines is 1. The maximum Gasteiger partial charge on any atom is 0.246 e. The van der Waals surface area contributed by atoms with Crippen molar-refractivity contribution in [3.8, 4) is 11.5 Å². The van der Waals surface area contributed by atoms with E-state index in [9.17, 15) is 9.59 Å². The van der Waals surface area contributed by atoms with Crippen molar-refractivity contribution in [1.29, 1.82) is 0 Å². The number of nitrogens with zero attached hydrogens (tertiary/aromatic N) is 1. The first kappa shape index (κ1) is 18.5. The molecule has 0 fully saturated rings. The topological polar surface area (TPSA) is 67.9 Å². The van der Waals surface area contributed by atoms with E-state index in [0.29, 0.717) is 19.8 Å². The molecule has 2 aromatic rings. The third-order valence-electron chi connectivity index (χ3n) is 4.05. The third kappa shape index (κ3) is 5.10. The highest BCUT2D eigenvalue weighted by atomic mass is 16.6. The summed E-state index contributed by atoms with van der Waals surface area (Å²) < 4.78 is 11.1. The van der Waals surface area contributed by atoms with Crippen LogP contribution in [0.4, 0.5) is 5.69 Å². The zero-order valence-corrected chi connectivity index (χ0v) is 15.4. The van der Waals surface area contributed by atoms with Gasteiger partial charge in [0.1, 0.15) is 13.2 Å². The molecule has 0 saturated heterocycles. The molecule has 0 bridgehead atoms. The van der Waals surface area contributed by atoms with E-state index >= 15 is 0 Å². The Bertz CT molecular complexity index is 859. The molecule has 0 radical (unpaired) electrons. The second kappa shape index (κ2) is 8.40. The van der Waals surface area contributed by atoms with Crippen LogP contribution < -0.4 is 14.8 Å². The van der Waals surface area contributed by atoms with E-state index in [2.05, 4.69) is 5.32 Å². The molecule has 6 nitrogen and oxygen atoms in total. The van der Waals surface area contributed by atoms with Gasteiger partial charge < -0.3 is 19.7 Å². The fraction of sp³-hybridized carbons (Fsp3) is 0.238. The molecule has 1 aliphatic rings. The first-order valence-electron chi connectivity index (χ1n) is 8.70. The second-order valence-corrected chi connectivity index (χ2v) is 6.31. The Morgan fingerprint density at radius 1 is 1.07 bits per heavy atom. The predicted octanol–water partition coefficient (Wildman–Crippen LogP) is 3.09. The van der Waals surface area contributed by atoms with E-state index < -0.39 is 0 Å². The molecular formula is C21H22N2O4.